The van der Waals surface area contributed by atoms with Gasteiger partial charge in [-0.1, -0.05) is 30.3 Å². The smallest absolute Gasteiger partial charge is 0.337 e. The van der Waals surface area contributed by atoms with Crippen LogP contribution in [0.2, 0.25) is 0 Å². The van der Waals surface area contributed by atoms with E-state index in [9.17, 15) is 9.90 Å². The quantitative estimate of drug-likeness (QED) is 0.300. The van der Waals surface area contributed by atoms with Gasteiger partial charge in [0.05, 0.1) is 17.9 Å². The molecule has 0 aliphatic carbocycles. The van der Waals surface area contributed by atoms with Crippen LogP contribution in [0.4, 0.5) is 10.2 Å². The molecule has 2 aromatic carbocycles. The maximum atomic E-state index is 15.4. The lowest BCUT2D eigenvalue weighted by Gasteiger charge is -2.28. The van der Waals surface area contributed by atoms with E-state index in [4.69, 9.17) is 19.6 Å². The van der Waals surface area contributed by atoms with Crippen molar-refractivity contribution in [3.8, 4) is 17.0 Å². The van der Waals surface area contributed by atoms with Gasteiger partial charge < -0.3 is 19.9 Å². The molecule has 0 radical (unpaired) electrons. The Morgan fingerprint density at radius 2 is 1.97 bits per heavy atom. The largest absolute Gasteiger partial charge is 0.490 e. The number of aliphatic carboxylic acids is 1. The summed E-state index contributed by atoms with van der Waals surface area (Å²) in [6.45, 7) is 10.0. The first kappa shape index (κ1) is 26.6. The van der Waals surface area contributed by atoms with Crippen LogP contribution in [-0.4, -0.2) is 37.9 Å². The molecule has 0 spiro atoms. The van der Waals surface area contributed by atoms with Crippen molar-refractivity contribution in [3.63, 3.8) is 0 Å². The van der Waals surface area contributed by atoms with Crippen LogP contribution in [0.15, 0.2) is 42.5 Å². The topological polar surface area (TPSA) is 98.0 Å². The summed E-state index contributed by atoms with van der Waals surface area (Å²) >= 11 is 0. The number of nitrogens with zero attached hydrogens (tertiary/aromatic N) is 3. The molecule has 204 valence electrons. The van der Waals surface area contributed by atoms with Crippen LogP contribution in [0.25, 0.3) is 16.9 Å². The number of nitrogens with one attached hydrogen (secondary N) is 1. The number of hydrogen-bond donors (Lipinski definition) is 2. The average molecular weight is 533 g/mol. The van der Waals surface area contributed by atoms with Gasteiger partial charge in [0.1, 0.15) is 0 Å². The molecule has 39 heavy (non-hydrogen) atoms. The summed E-state index contributed by atoms with van der Waals surface area (Å²) in [5.41, 5.74) is 4.19. The molecule has 4 aromatic rings. The Morgan fingerprint density at radius 1 is 1.23 bits per heavy atom. The van der Waals surface area contributed by atoms with Gasteiger partial charge in [0.2, 0.25) is 0 Å². The highest BCUT2D eigenvalue weighted by Gasteiger charge is 2.34. The summed E-state index contributed by atoms with van der Waals surface area (Å²) < 4.78 is 28.8. The Morgan fingerprint density at radius 3 is 2.67 bits per heavy atom. The highest BCUT2D eigenvalue weighted by Crippen LogP contribution is 2.41. The Hall–Kier alpha value is -3.98. The zero-order chi connectivity index (χ0) is 27.9. The Labute approximate surface area is 226 Å². The summed E-state index contributed by atoms with van der Waals surface area (Å²) in [4.78, 5) is 17.3. The number of carboxylic acid groups (broad SMARTS) is 1. The number of hydrogen-bond acceptors (Lipinski definition) is 6. The van der Waals surface area contributed by atoms with Crippen molar-refractivity contribution in [2.75, 3.05) is 11.9 Å². The molecule has 0 amide bonds. The molecule has 0 saturated heterocycles. The van der Waals surface area contributed by atoms with Gasteiger partial charge in [0.15, 0.2) is 29.1 Å². The fourth-order valence-electron chi connectivity index (χ4n) is 5.07. The number of fused-ring (bicyclic) bond motifs is 2. The number of aromatic nitrogens is 3. The maximum absolute atomic E-state index is 15.4. The predicted molar refractivity (Wildman–Crippen MR) is 147 cm³/mol. The minimum Gasteiger partial charge on any atom is -0.490 e. The van der Waals surface area contributed by atoms with Crippen LogP contribution in [0.3, 0.4) is 0 Å². The molecular formula is C30H33FN4O4. The van der Waals surface area contributed by atoms with Crippen molar-refractivity contribution in [2.24, 2.45) is 0 Å². The zero-order valence-corrected chi connectivity index (χ0v) is 22.8. The fourth-order valence-corrected chi connectivity index (χ4v) is 5.07. The first-order valence-corrected chi connectivity index (χ1v) is 13.1. The second-order valence-electron chi connectivity index (χ2n) is 10.8. The predicted octanol–water partition coefficient (Wildman–Crippen LogP) is 6.03. The third-order valence-electron chi connectivity index (χ3n) is 6.80. The molecular weight excluding hydrogens is 499 g/mol. The number of rotatable bonds is 7. The van der Waals surface area contributed by atoms with Gasteiger partial charge in [-0.2, -0.15) is 0 Å². The monoisotopic (exact) mass is 532 g/mol. The molecule has 3 heterocycles. The Bertz CT molecular complexity index is 1540. The van der Waals surface area contributed by atoms with Gasteiger partial charge in [-0.15, -0.1) is 5.10 Å². The summed E-state index contributed by atoms with van der Waals surface area (Å²) in [5.74, 6) is -0.828. The van der Waals surface area contributed by atoms with Gasteiger partial charge in [0, 0.05) is 35.0 Å². The minimum atomic E-state index is -1.35. The number of aryl methyl sites for hydroxylation is 1. The van der Waals surface area contributed by atoms with Crippen LogP contribution in [-0.2, 0) is 22.5 Å². The molecule has 1 aliphatic heterocycles. The van der Waals surface area contributed by atoms with E-state index in [2.05, 4.69) is 5.32 Å². The second kappa shape index (κ2) is 10.3. The minimum absolute atomic E-state index is 0.262. The number of benzene rings is 2. The third kappa shape index (κ3) is 5.31. The molecule has 2 aromatic heterocycles. The van der Waals surface area contributed by atoms with E-state index >= 15 is 4.39 Å². The van der Waals surface area contributed by atoms with Gasteiger partial charge >= 0.3 is 5.97 Å². The Kier molecular flexibility index (Phi) is 7.03. The van der Waals surface area contributed by atoms with E-state index in [-0.39, 0.29) is 5.75 Å². The highest BCUT2D eigenvalue weighted by molar-refractivity contribution is 5.82. The molecule has 5 rings (SSSR count). The normalized spacial score (nSPS) is 14.1. The first-order valence-electron chi connectivity index (χ1n) is 13.1. The van der Waals surface area contributed by atoms with Crippen LogP contribution >= 0.6 is 0 Å². The van der Waals surface area contributed by atoms with E-state index in [0.29, 0.717) is 53.6 Å². The molecule has 1 atom stereocenters. The van der Waals surface area contributed by atoms with Gasteiger partial charge in [-0.25, -0.2) is 18.7 Å². The van der Waals surface area contributed by atoms with Crippen LogP contribution < -0.4 is 10.1 Å². The number of carboxylic acids is 1. The van der Waals surface area contributed by atoms with Crippen LogP contribution in [0, 0.1) is 19.7 Å². The van der Waals surface area contributed by atoms with Crippen molar-refractivity contribution in [3.05, 3.63) is 76.2 Å². The molecule has 9 heteroatoms. The zero-order valence-electron chi connectivity index (χ0n) is 22.8. The molecule has 1 aliphatic rings. The number of anilines is 1. The van der Waals surface area contributed by atoms with E-state index in [1.807, 2.05) is 37.3 Å². The van der Waals surface area contributed by atoms with Crippen LogP contribution in [0.1, 0.15) is 61.2 Å². The molecule has 0 unspecified atom stereocenters. The van der Waals surface area contributed by atoms with Crippen molar-refractivity contribution in [2.45, 2.75) is 65.7 Å². The van der Waals surface area contributed by atoms with Gasteiger partial charge in [-0.3, -0.25) is 0 Å². The second-order valence-corrected chi connectivity index (χ2v) is 10.8. The SMILES string of the molecule is Cc1nc2cc(NCc3ccccc3)nn2c(-c2cc(F)c3c(c2C)CCCO3)c1[C@H](OC(C)(C)C)C(=O)O. The highest BCUT2D eigenvalue weighted by atomic mass is 19.1. The lowest BCUT2D eigenvalue weighted by Crippen LogP contribution is -2.29. The third-order valence-corrected chi connectivity index (χ3v) is 6.80. The lowest BCUT2D eigenvalue weighted by atomic mass is 9.91. The standard InChI is InChI=1S/C30H33FN4O4/c1-17-20-12-9-13-38-27(20)22(31)14-21(17)26-25(28(29(36)37)39-30(3,4)5)18(2)33-24-15-23(34-35(24)26)32-16-19-10-7-6-8-11-19/h6-8,10-11,14-15,28H,9,12-13,16H2,1-5H3,(H,32,34)(H,36,37)/t28-/m0/s1. The molecule has 8 nitrogen and oxygen atoms in total. The molecule has 2 N–H and O–H groups in total. The number of ether oxygens (including phenoxy) is 2. The van der Waals surface area contributed by atoms with E-state index in [1.54, 1.807) is 38.3 Å². The van der Waals surface area contributed by atoms with Crippen LogP contribution in [0.5, 0.6) is 5.75 Å². The van der Waals surface area contributed by atoms with Gasteiger partial charge in [-0.05, 0) is 64.7 Å². The van der Waals surface area contributed by atoms with E-state index in [0.717, 1.165) is 23.1 Å². The average Bonchev–Trinajstić information content (AvgIpc) is 3.30. The fraction of sp³-hybridized carbons (Fsp3) is 0.367. The summed E-state index contributed by atoms with van der Waals surface area (Å²) in [5, 5.41) is 18.4. The van der Waals surface area contributed by atoms with E-state index < -0.39 is 23.5 Å². The van der Waals surface area contributed by atoms with Gasteiger partial charge in [0.25, 0.3) is 0 Å². The summed E-state index contributed by atoms with van der Waals surface area (Å²) in [6, 6.07) is 13.1. The summed E-state index contributed by atoms with van der Waals surface area (Å²) in [6.07, 6.45) is 0.0870. The molecule has 0 fully saturated rings. The lowest BCUT2D eigenvalue weighted by molar-refractivity contribution is -0.160. The van der Waals surface area contributed by atoms with E-state index in [1.165, 1.54) is 6.07 Å². The van der Waals surface area contributed by atoms with Crippen molar-refractivity contribution in [1.82, 2.24) is 14.6 Å². The number of carbonyl (C=O) groups is 1. The Balaban J connectivity index is 1.74. The molecule has 0 bridgehead atoms. The van der Waals surface area contributed by atoms with Crippen molar-refractivity contribution < 1.29 is 23.8 Å². The maximum Gasteiger partial charge on any atom is 0.337 e. The number of halogens is 1. The van der Waals surface area contributed by atoms with Crippen molar-refractivity contribution >= 4 is 17.4 Å². The first-order chi connectivity index (χ1) is 18.5. The summed E-state index contributed by atoms with van der Waals surface area (Å²) in [7, 11) is 0. The molecule has 0 saturated carbocycles. The van der Waals surface area contributed by atoms with Crippen molar-refractivity contribution in [1.29, 1.82) is 0 Å².